The SMILES string of the molecule is Cc1ccc(NC2=NCCC2)cc1Br. The number of aryl methyl sites for hydroxylation is 1. The lowest BCUT2D eigenvalue weighted by Gasteiger charge is -2.07. The number of rotatable bonds is 1. The Hall–Kier alpha value is -0.830. The molecule has 0 amide bonds. The minimum atomic E-state index is 0.968. The standard InChI is InChI=1S/C11H13BrN2/c1-8-4-5-9(7-10(8)12)14-11-3-2-6-13-11/h4-5,7H,2-3,6H2,1H3,(H,13,14). The normalized spacial score (nSPS) is 15.4. The van der Waals surface area contributed by atoms with Crippen LogP contribution in [0.15, 0.2) is 27.7 Å². The van der Waals surface area contributed by atoms with Crippen LogP contribution < -0.4 is 5.32 Å². The van der Waals surface area contributed by atoms with E-state index in [1.165, 1.54) is 12.0 Å². The van der Waals surface area contributed by atoms with Gasteiger partial charge < -0.3 is 5.32 Å². The molecule has 2 nitrogen and oxygen atoms in total. The second-order valence-electron chi connectivity index (χ2n) is 3.52. The molecule has 0 spiro atoms. The van der Waals surface area contributed by atoms with Gasteiger partial charge in [0.05, 0.1) is 0 Å². The van der Waals surface area contributed by atoms with E-state index in [2.05, 4.69) is 51.4 Å². The van der Waals surface area contributed by atoms with Crippen molar-refractivity contribution in [2.45, 2.75) is 19.8 Å². The molecule has 0 saturated heterocycles. The number of anilines is 1. The fourth-order valence-corrected chi connectivity index (χ4v) is 1.86. The predicted octanol–water partition coefficient (Wildman–Crippen LogP) is 3.36. The molecule has 0 saturated carbocycles. The molecule has 14 heavy (non-hydrogen) atoms. The Kier molecular flexibility index (Phi) is 2.87. The maximum Gasteiger partial charge on any atom is 0.101 e. The number of hydrogen-bond acceptors (Lipinski definition) is 2. The molecule has 74 valence electrons. The quantitative estimate of drug-likeness (QED) is 0.815. The second-order valence-corrected chi connectivity index (χ2v) is 4.38. The van der Waals surface area contributed by atoms with Gasteiger partial charge in [0.15, 0.2) is 0 Å². The van der Waals surface area contributed by atoms with Gasteiger partial charge in [-0.2, -0.15) is 0 Å². The molecule has 0 bridgehead atoms. The van der Waals surface area contributed by atoms with Crippen molar-refractivity contribution in [2.24, 2.45) is 4.99 Å². The van der Waals surface area contributed by atoms with Gasteiger partial charge in [0.1, 0.15) is 5.84 Å². The minimum Gasteiger partial charge on any atom is -0.344 e. The van der Waals surface area contributed by atoms with Crippen molar-refractivity contribution in [1.82, 2.24) is 0 Å². The van der Waals surface area contributed by atoms with Crippen molar-refractivity contribution in [3.63, 3.8) is 0 Å². The zero-order valence-electron chi connectivity index (χ0n) is 8.18. The van der Waals surface area contributed by atoms with Gasteiger partial charge in [0, 0.05) is 23.1 Å². The maximum atomic E-state index is 4.37. The molecule has 1 aromatic carbocycles. The van der Waals surface area contributed by atoms with Gasteiger partial charge in [-0.1, -0.05) is 22.0 Å². The van der Waals surface area contributed by atoms with Crippen molar-refractivity contribution < 1.29 is 0 Å². The first-order valence-corrected chi connectivity index (χ1v) is 5.61. The van der Waals surface area contributed by atoms with Crippen LogP contribution in [0.5, 0.6) is 0 Å². The van der Waals surface area contributed by atoms with Gasteiger partial charge in [-0.25, -0.2) is 0 Å². The largest absolute Gasteiger partial charge is 0.344 e. The Balaban J connectivity index is 2.13. The third-order valence-electron chi connectivity index (χ3n) is 2.33. The average molecular weight is 253 g/mol. The zero-order valence-corrected chi connectivity index (χ0v) is 9.76. The first-order valence-electron chi connectivity index (χ1n) is 4.82. The number of amidine groups is 1. The Morgan fingerprint density at radius 2 is 2.29 bits per heavy atom. The molecule has 0 aromatic heterocycles. The summed E-state index contributed by atoms with van der Waals surface area (Å²) in [6.07, 6.45) is 2.25. The number of aliphatic imine (C=N–C) groups is 1. The van der Waals surface area contributed by atoms with Crippen molar-refractivity contribution in [3.8, 4) is 0 Å². The summed E-state index contributed by atoms with van der Waals surface area (Å²) >= 11 is 3.52. The lowest BCUT2D eigenvalue weighted by Crippen LogP contribution is -2.08. The Bertz CT molecular complexity index is 372. The molecule has 0 fully saturated rings. The highest BCUT2D eigenvalue weighted by Crippen LogP contribution is 2.21. The molecule has 0 atom stereocenters. The highest BCUT2D eigenvalue weighted by molar-refractivity contribution is 9.10. The first kappa shape index (κ1) is 9.71. The average Bonchev–Trinajstić information content (AvgIpc) is 2.64. The summed E-state index contributed by atoms with van der Waals surface area (Å²) in [6, 6.07) is 6.28. The summed E-state index contributed by atoms with van der Waals surface area (Å²) in [7, 11) is 0. The molecular weight excluding hydrogens is 240 g/mol. The first-order chi connectivity index (χ1) is 6.75. The molecule has 0 radical (unpaired) electrons. The lowest BCUT2D eigenvalue weighted by molar-refractivity contribution is 0.951. The fraction of sp³-hybridized carbons (Fsp3) is 0.364. The van der Waals surface area contributed by atoms with E-state index in [-0.39, 0.29) is 0 Å². The van der Waals surface area contributed by atoms with Gasteiger partial charge in [0.25, 0.3) is 0 Å². The Labute approximate surface area is 92.6 Å². The highest BCUT2D eigenvalue weighted by atomic mass is 79.9. The van der Waals surface area contributed by atoms with Crippen molar-refractivity contribution in [2.75, 3.05) is 11.9 Å². The third kappa shape index (κ3) is 2.15. The molecule has 2 rings (SSSR count). The molecule has 1 aliphatic heterocycles. The Morgan fingerprint density at radius 1 is 1.43 bits per heavy atom. The highest BCUT2D eigenvalue weighted by Gasteiger charge is 2.06. The number of nitrogens with zero attached hydrogens (tertiary/aromatic N) is 1. The summed E-state index contributed by atoms with van der Waals surface area (Å²) in [4.78, 5) is 4.37. The summed E-state index contributed by atoms with van der Waals surface area (Å²) in [5, 5.41) is 3.33. The number of halogens is 1. The number of benzene rings is 1. The van der Waals surface area contributed by atoms with Gasteiger partial charge in [0.2, 0.25) is 0 Å². The summed E-state index contributed by atoms with van der Waals surface area (Å²) < 4.78 is 1.14. The van der Waals surface area contributed by atoms with Crippen molar-refractivity contribution in [3.05, 3.63) is 28.2 Å². The van der Waals surface area contributed by atoms with E-state index in [0.717, 1.165) is 29.0 Å². The second kappa shape index (κ2) is 4.13. The third-order valence-corrected chi connectivity index (χ3v) is 3.19. The topological polar surface area (TPSA) is 24.4 Å². The fourth-order valence-electron chi connectivity index (χ4n) is 1.48. The Morgan fingerprint density at radius 3 is 2.93 bits per heavy atom. The van der Waals surface area contributed by atoms with Crippen LogP contribution in [-0.4, -0.2) is 12.4 Å². The van der Waals surface area contributed by atoms with E-state index in [1.807, 2.05) is 0 Å². The van der Waals surface area contributed by atoms with Crippen LogP contribution in [-0.2, 0) is 0 Å². The van der Waals surface area contributed by atoms with E-state index in [1.54, 1.807) is 0 Å². The van der Waals surface area contributed by atoms with Crippen molar-refractivity contribution >= 4 is 27.5 Å². The van der Waals surface area contributed by atoms with Crippen LogP contribution in [0.4, 0.5) is 5.69 Å². The van der Waals surface area contributed by atoms with Crippen LogP contribution >= 0.6 is 15.9 Å². The molecule has 1 N–H and O–H groups in total. The summed E-state index contributed by atoms with van der Waals surface area (Å²) in [5.74, 6) is 1.11. The van der Waals surface area contributed by atoms with Gasteiger partial charge in [-0.15, -0.1) is 0 Å². The molecule has 0 aliphatic carbocycles. The van der Waals surface area contributed by atoms with Crippen LogP contribution in [0.1, 0.15) is 18.4 Å². The monoisotopic (exact) mass is 252 g/mol. The lowest BCUT2D eigenvalue weighted by atomic mass is 10.2. The van der Waals surface area contributed by atoms with E-state index in [9.17, 15) is 0 Å². The molecule has 3 heteroatoms. The van der Waals surface area contributed by atoms with Crippen LogP contribution in [0, 0.1) is 6.92 Å². The zero-order chi connectivity index (χ0) is 9.97. The minimum absolute atomic E-state index is 0.968. The van der Waals surface area contributed by atoms with Crippen LogP contribution in [0.25, 0.3) is 0 Å². The van der Waals surface area contributed by atoms with E-state index >= 15 is 0 Å². The van der Waals surface area contributed by atoms with E-state index < -0.39 is 0 Å². The summed E-state index contributed by atoms with van der Waals surface area (Å²) in [6.45, 7) is 3.05. The molecule has 1 aliphatic rings. The maximum absolute atomic E-state index is 4.37. The molecule has 0 unspecified atom stereocenters. The van der Waals surface area contributed by atoms with Gasteiger partial charge in [-0.05, 0) is 31.0 Å². The number of nitrogens with one attached hydrogen (secondary N) is 1. The molecule has 1 aromatic rings. The smallest absolute Gasteiger partial charge is 0.101 e. The predicted molar refractivity (Wildman–Crippen MR) is 64.0 cm³/mol. The number of hydrogen-bond donors (Lipinski definition) is 1. The van der Waals surface area contributed by atoms with E-state index in [4.69, 9.17) is 0 Å². The van der Waals surface area contributed by atoms with Gasteiger partial charge >= 0.3 is 0 Å². The van der Waals surface area contributed by atoms with Gasteiger partial charge in [-0.3, -0.25) is 4.99 Å². The molecule has 1 heterocycles. The van der Waals surface area contributed by atoms with Crippen LogP contribution in [0.3, 0.4) is 0 Å². The van der Waals surface area contributed by atoms with E-state index in [0.29, 0.717) is 0 Å². The summed E-state index contributed by atoms with van der Waals surface area (Å²) in [5.41, 5.74) is 2.37. The molecular formula is C11H13BrN2. The van der Waals surface area contributed by atoms with Crippen molar-refractivity contribution in [1.29, 1.82) is 0 Å². The van der Waals surface area contributed by atoms with Crippen LogP contribution in [0.2, 0.25) is 0 Å².